The van der Waals surface area contributed by atoms with Crippen LogP contribution < -0.4 is 4.74 Å². The van der Waals surface area contributed by atoms with E-state index in [2.05, 4.69) is 36.4 Å². The fourth-order valence-electron chi connectivity index (χ4n) is 2.92. The second-order valence-electron chi connectivity index (χ2n) is 5.15. The van der Waals surface area contributed by atoms with Crippen molar-refractivity contribution >= 4 is 21.7 Å². The molecule has 1 fully saturated rings. The lowest BCUT2D eigenvalue weighted by Crippen LogP contribution is -2.28. The van der Waals surface area contributed by atoms with Gasteiger partial charge in [-0.15, -0.1) is 0 Å². The van der Waals surface area contributed by atoms with Gasteiger partial charge in [-0.25, -0.2) is 0 Å². The van der Waals surface area contributed by atoms with Gasteiger partial charge in [-0.2, -0.15) is 0 Å². The highest BCUT2D eigenvalue weighted by molar-refractivity contribution is 7.97. The largest absolute Gasteiger partial charge is 0.492 e. The topological polar surface area (TPSA) is 18.5 Å². The minimum Gasteiger partial charge on any atom is -0.492 e. The summed E-state index contributed by atoms with van der Waals surface area (Å²) in [5, 5.41) is 2.66. The SMILES string of the molecule is COc1ccc2ccccc2c1[S+]1CCC(OC)CC1. The molecule has 3 rings (SSSR count). The number of hydrogen-bond donors (Lipinski definition) is 0. The van der Waals surface area contributed by atoms with Gasteiger partial charge in [0.1, 0.15) is 11.5 Å². The second-order valence-corrected chi connectivity index (χ2v) is 7.36. The van der Waals surface area contributed by atoms with E-state index in [1.165, 1.54) is 27.2 Å². The molecule has 1 heterocycles. The maximum atomic E-state index is 5.64. The van der Waals surface area contributed by atoms with Crippen LogP contribution in [-0.4, -0.2) is 31.8 Å². The van der Waals surface area contributed by atoms with Gasteiger partial charge >= 0.3 is 0 Å². The Bertz CT molecular complexity index is 589. The van der Waals surface area contributed by atoms with Gasteiger partial charge in [-0.05, 0) is 17.5 Å². The van der Waals surface area contributed by atoms with Crippen LogP contribution in [-0.2, 0) is 15.6 Å². The van der Waals surface area contributed by atoms with E-state index in [0.717, 1.165) is 18.6 Å². The molecule has 0 spiro atoms. The zero-order valence-electron chi connectivity index (χ0n) is 12.1. The van der Waals surface area contributed by atoms with E-state index in [-0.39, 0.29) is 10.9 Å². The van der Waals surface area contributed by atoms with E-state index in [9.17, 15) is 0 Å². The quantitative estimate of drug-likeness (QED) is 0.803. The monoisotopic (exact) mass is 289 g/mol. The Balaban J connectivity index is 2.01. The van der Waals surface area contributed by atoms with E-state index in [1.54, 1.807) is 7.11 Å². The molecule has 2 aromatic rings. The van der Waals surface area contributed by atoms with Crippen LogP contribution in [0.2, 0.25) is 0 Å². The number of rotatable bonds is 3. The molecule has 0 atom stereocenters. The fourth-order valence-corrected chi connectivity index (χ4v) is 5.56. The average molecular weight is 289 g/mol. The summed E-state index contributed by atoms with van der Waals surface area (Å²) in [6.45, 7) is 0. The molecular weight excluding hydrogens is 268 g/mol. The molecular formula is C17H21O2S+. The van der Waals surface area contributed by atoms with Crippen LogP contribution in [0.1, 0.15) is 12.8 Å². The van der Waals surface area contributed by atoms with Crippen molar-refractivity contribution in [2.24, 2.45) is 0 Å². The minimum absolute atomic E-state index is 0.279. The summed E-state index contributed by atoms with van der Waals surface area (Å²) in [6, 6.07) is 12.9. The molecule has 2 aromatic carbocycles. The Morgan fingerprint density at radius 1 is 1.00 bits per heavy atom. The summed E-state index contributed by atoms with van der Waals surface area (Å²) in [5.74, 6) is 3.47. The first-order valence-electron chi connectivity index (χ1n) is 7.09. The third-order valence-electron chi connectivity index (χ3n) is 4.06. The van der Waals surface area contributed by atoms with Crippen LogP contribution in [0.25, 0.3) is 10.8 Å². The van der Waals surface area contributed by atoms with Gasteiger partial charge in [-0.1, -0.05) is 24.3 Å². The highest BCUT2D eigenvalue weighted by Crippen LogP contribution is 2.36. The normalized spacial score (nSPS) is 22.9. The van der Waals surface area contributed by atoms with Gasteiger partial charge in [0.15, 0.2) is 5.75 Å². The van der Waals surface area contributed by atoms with E-state index in [0.29, 0.717) is 6.10 Å². The third-order valence-corrected chi connectivity index (χ3v) is 6.51. The van der Waals surface area contributed by atoms with Crippen LogP contribution in [0.4, 0.5) is 0 Å². The average Bonchev–Trinajstić information content (AvgIpc) is 2.54. The minimum atomic E-state index is 0.279. The Morgan fingerprint density at radius 3 is 2.45 bits per heavy atom. The van der Waals surface area contributed by atoms with Crippen LogP contribution in [0, 0.1) is 0 Å². The van der Waals surface area contributed by atoms with Crippen LogP contribution in [0.3, 0.4) is 0 Å². The Morgan fingerprint density at radius 2 is 1.75 bits per heavy atom. The molecule has 0 radical (unpaired) electrons. The molecule has 0 saturated carbocycles. The van der Waals surface area contributed by atoms with Gasteiger partial charge in [-0.3, -0.25) is 0 Å². The summed E-state index contributed by atoms with van der Waals surface area (Å²) < 4.78 is 11.1. The summed E-state index contributed by atoms with van der Waals surface area (Å²) >= 11 is 0. The molecule has 0 unspecified atom stereocenters. The van der Waals surface area contributed by atoms with Crippen molar-refractivity contribution in [3.63, 3.8) is 0 Å². The number of benzene rings is 2. The Labute approximate surface area is 123 Å². The van der Waals surface area contributed by atoms with Crippen molar-refractivity contribution in [3.8, 4) is 5.75 Å². The maximum absolute atomic E-state index is 5.64. The van der Waals surface area contributed by atoms with Gasteiger partial charge in [0, 0.05) is 36.2 Å². The first-order valence-corrected chi connectivity index (χ1v) is 8.66. The number of hydrogen-bond acceptors (Lipinski definition) is 2. The van der Waals surface area contributed by atoms with Crippen LogP contribution >= 0.6 is 0 Å². The summed E-state index contributed by atoms with van der Waals surface area (Å²) in [6.07, 6.45) is 2.76. The van der Waals surface area contributed by atoms with Gasteiger partial charge in [0.2, 0.25) is 4.90 Å². The van der Waals surface area contributed by atoms with Gasteiger partial charge in [0.25, 0.3) is 0 Å². The van der Waals surface area contributed by atoms with Crippen molar-refractivity contribution in [3.05, 3.63) is 36.4 Å². The fraction of sp³-hybridized carbons (Fsp3) is 0.412. The lowest BCUT2D eigenvalue weighted by molar-refractivity contribution is 0.0956. The molecule has 20 heavy (non-hydrogen) atoms. The summed E-state index contributed by atoms with van der Waals surface area (Å²) in [5.41, 5.74) is 0. The highest BCUT2D eigenvalue weighted by atomic mass is 32.2. The van der Waals surface area contributed by atoms with Crippen molar-refractivity contribution in [1.82, 2.24) is 0 Å². The van der Waals surface area contributed by atoms with Crippen molar-refractivity contribution in [1.29, 1.82) is 0 Å². The second kappa shape index (κ2) is 6.06. The van der Waals surface area contributed by atoms with Gasteiger partial charge in [0.05, 0.1) is 13.2 Å². The lowest BCUT2D eigenvalue weighted by Gasteiger charge is -2.22. The maximum Gasteiger partial charge on any atom is 0.204 e. The number of methoxy groups -OCH3 is 2. The van der Waals surface area contributed by atoms with Crippen LogP contribution in [0.5, 0.6) is 5.75 Å². The molecule has 0 bridgehead atoms. The standard InChI is InChI=1S/C17H21O2S/c1-18-14-9-11-20(12-10-14)17-15-6-4-3-5-13(15)7-8-16(17)19-2/h3-8,14H,9-12H2,1-2H3/q+1. The van der Waals surface area contributed by atoms with Crippen molar-refractivity contribution in [2.75, 3.05) is 25.7 Å². The molecule has 0 aliphatic carbocycles. The van der Waals surface area contributed by atoms with Gasteiger partial charge < -0.3 is 9.47 Å². The summed E-state index contributed by atoms with van der Waals surface area (Å²) in [4.78, 5) is 1.42. The molecule has 1 aliphatic heterocycles. The number of ether oxygens (including phenoxy) is 2. The molecule has 0 N–H and O–H groups in total. The smallest absolute Gasteiger partial charge is 0.204 e. The first-order chi connectivity index (χ1) is 9.83. The number of fused-ring (bicyclic) bond motifs is 1. The van der Waals surface area contributed by atoms with E-state index >= 15 is 0 Å². The molecule has 1 saturated heterocycles. The predicted molar refractivity (Wildman–Crippen MR) is 85.9 cm³/mol. The van der Waals surface area contributed by atoms with Crippen molar-refractivity contribution < 1.29 is 9.47 Å². The zero-order chi connectivity index (χ0) is 13.9. The lowest BCUT2D eigenvalue weighted by atomic mass is 10.1. The first kappa shape index (κ1) is 13.8. The van der Waals surface area contributed by atoms with Crippen LogP contribution in [0.15, 0.2) is 41.3 Å². The zero-order valence-corrected chi connectivity index (χ0v) is 12.9. The summed E-state index contributed by atoms with van der Waals surface area (Å²) in [7, 11) is 3.88. The molecule has 0 amide bonds. The molecule has 1 aliphatic rings. The molecule has 106 valence electrons. The van der Waals surface area contributed by atoms with Crippen molar-refractivity contribution in [2.45, 2.75) is 23.8 Å². The highest BCUT2D eigenvalue weighted by Gasteiger charge is 2.34. The third kappa shape index (κ3) is 2.52. The van der Waals surface area contributed by atoms with E-state index in [4.69, 9.17) is 9.47 Å². The molecule has 3 heteroatoms. The van der Waals surface area contributed by atoms with E-state index in [1.807, 2.05) is 7.11 Å². The molecule has 2 nitrogen and oxygen atoms in total. The molecule has 0 aromatic heterocycles. The predicted octanol–water partition coefficient (Wildman–Crippen LogP) is 3.63. The van der Waals surface area contributed by atoms with E-state index < -0.39 is 0 Å². The Hall–Kier alpha value is -1.19. The Kier molecular flexibility index (Phi) is 4.18.